The Kier molecular flexibility index (Phi) is 6.67. The Morgan fingerprint density at radius 2 is 2.00 bits per heavy atom. The Labute approximate surface area is 95.1 Å². The first-order valence-electron chi connectivity index (χ1n) is 5.27. The van der Waals surface area contributed by atoms with Gasteiger partial charge in [0.15, 0.2) is 6.04 Å². The third-order valence-corrected chi connectivity index (χ3v) is 2.33. The van der Waals surface area contributed by atoms with Crippen molar-refractivity contribution in [2.75, 3.05) is 13.2 Å². The summed E-state index contributed by atoms with van der Waals surface area (Å²) in [6.07, 6.45) is 0. The van der Waals surface area contributed by atoms with Gasteiger partial charge in [-0.05, 0) is 19.8 Å². The van der Waals surface area contributed by atoms with Crippen molar-refractivity contribution < 1.29 is 19.4 Å². The first-order valence-corrected chi connectivity index (χ1v) is 5.27. The van der Waals surface area contributed by atoms with Crippen molar-refractivity contribution in [3.8, 4) is 0 Å². The highest BCUT2D eigenvalue weighted by atomic mass is 16.5. The van der Waals surface area contributed by atoms with E-state index in [0.29, 0.717) is 0 Å². The lowest BCUT2D eigenvalue weighted by molar-refractivity contribution is -0.148. The van der Waals surface area contributed by atoms with Gasteiger partial charge in [0, 0.05) is 12.6 Å². The normalized spacial score (nSPS) is 16.1. The largest absolute Gasteiger partial charge is 0.464 e. The van der Waals surface area contributed by atoms with Crippen molar-refractivity contribution in [2.24, 2.45) is 11.7 Å². The molecule has 0 fully saturated rings. The van der Waals surface area contributed by atoms with Crippen LogP contribution in [0.15, 0.2) is 0 Å². The van der Waals surface area contributed by atoms with Gasteiger partial charge in [-0.2, -0.15) is 0 Å². The second kappa shape index (κ2) is 7.19. The van der Waals surface area contributed by atoms with Gasteiger partial charge >= 0.3 is 5.97 Å². The van der Waals surface area contributed by atoms with Crippen LogP contribution in [0.2, 0.25) is 0 Å². The highest BCUT2D eigenvalue weighted by Crippen LogP contribution is 2.01. The van der Waals surface area contributed by atoms with Gasteiger partial charge in [-0.1, -0.05) is 6.92 Å². The van der Waals surface area contributed by atoms with Gasteiger partial charge in [0.05, 0.1) is 6.61 Å². The van der Waals surface area contributed by atoms with Crippen LogP contribution < -0.4 is 11.1 Å². The zero-order chi connectivity index (χ0) is 12.7. The number of nitrogens with one attached hydrogen (secondary N) is 1. The van der Waals surface area contributed by atoms with Crippen LogP contribution in [0.1, 0.15) is 20.8 Å². The summed E-state index contributed by atoms with van der Waals surface area (Å²) in [5.41, 5.74) is 5.39. The zero-order valence-corrected chi connectivity index (χ0v) is 9.90. The Balaban J connectivity index is 4.19. The first kappa shape index (κ1) is 14.9. The molecule has 0 saturated carbocycles. The quantitative estimate of drug-likeness (QED) is 0.403. The monoisotopic (exact) mass is 232 g/mol. The van der Waals surface area contributed by atoms with Crippen LogP contribution in [0.3, 0.4) is 0 Å². The average molecular weight is 232 g/mol. The predicted molar refractivity (Wildman–Crippen MR) is 58.5 cm³/mol. The molecule has 1 amide bonds. The van der Waals surface area contributed by atoms with Crippen molar-refractivity contribution in [3.05, 3.63) is 0 Å². The maximum absolute atomic E-state index is 11.5. The zero-order valence-electron chi connectivity index (χ0n) is 9.90. The van der Waals surface area contributed by atoms with Crippen molar-refractivity contribution in [1.29, 1.82) is 0 Å². The molecule has 0 aromatic carbocycles. The molecule has 0 aliphatic rings. The van der Waals surface area contributed by atoms with Crippen LogP contribution in [0.5, 0.6) is 0 Å². The lowest BCUT2D eigenvalue weighted by atomic mass is 10.0. The van der Waals surface area contributed by atoms with Crippen LogP contribution in [-0.2, 0) is 14.3 Å². The lowest BCUT2D eigenvalue weighted by Crippen LogP contribution is -2.51. The summed E-state index contributed by atoms with van der Waals surface area (Å²) in [6.45, 7) is 5.29. The standard InChI is InChI=1S/C10H20N2O4/c1-4-16-10(15)8(11)9(14)12-7(3)6(2)5-13/h6-8,13H,4-5,11H2,1-3H3,(H,12,14). The highest BCUT2D eigenvalue weighted by Gasteiger charge is 2.25. The Hall–Kier alpha value is -1.14. The van der Waals surface area contributed by atoms with Crippen molar-refractivity contribution in [3.63, 3.8) is 0 Å². The van der Waals surface area contributed by atoms with Crippen LogP contribution in [0.4, 0.5) is 0 Å². The molecule has 94 valence electrons. The molecular formula is C10H20N2O4. The molecule has 0 aliphatic heterocycles. The Bertz CT molecular complexity index is 245. The van der Waals surface area contributed by atoms with E-state index in [0.717, 1.165) is 0 Å². The van der Waals surface area contributed by atoms with E-state index in [1.165, 1.54) is 0 Å². The van der Waals surface area contributed by atoms with Gasteiger partial charge in [-0.25, -0.2) is 4.79 Å². The van der Waals surface area contributed by atoms with Gasteiger partial charge in [-0.15, -0.1) is 0 Å². The minimum Gasteiger partial charge on any atom is -0.464 e. The molecule has 16 heavy (non-hydrogen) atoms. The van der Waals surface area contributed by atoms with E-state index in [9.17, 15) is 9.59 Å². The topological polar surface area (TPSA) is 102 Å². The molecule has 0 aromatic heterocycles. The van der Waals surface area contributed by atoms with E-state index in [1.807, 2.05) is 0 Å². The maximum Gasteiger partial charge on any atom is 0.332 e. The molecule has 0 aromatic rings. The molecule has 0 bridgehead atoms. The summed E-state index contributed by atoms with van der Waals surface area (Å²) < 4.78 is 4.62. The van der Waals surface area contributed by atoms with Crippen LogP contribution in [-0.4, -0.2) is 42.3 Å². The molecule has 6 heteroatoms. The number of nitrogens with two attached hydrogens (primary N) is 1. The molecule has 3 unspecified atom stereocenters. The van der Waals surface area contributed by atoms with Crippen LogP contribution in [0, 0.1) is 5.92 Å². The number of aliphatic hydroxyl groups is 1. The number of esters is 1. The fourth-order valence-corrected chi connectivity index (χ4v) is 0.954. The Morgan fingerprint density at radius 3 is 2.44 bits per heavy atom. The maximum atomic E-state index is 11.5. The molecule has 0 radical (unpaired) electrons. The number of rotatable bonds is 6. The smallest absolute Gasteiger partial charge is 0.332 e. The molecule has 6 nitrogen and oxygen atoms in total. The molecule has 0 saturated heterocycles. The molecule has 3 atom stereocenters. The number of amides is 1. The van der Waals surface area contributed by atoms with E-state index < -0.39 is 17.9 Å². The van der Waals surface area contributed by atoms with E-state index in [1.54, 1.807) is 20.8 Å². The molecule has 0 aliphatic carbocycles. The van der Waals surface area contributed by atoms with Gasteiger partial charge in [0.25, 0.3) is 0 Å². The summed E-state index contributed by atoms with van der Waals surface area (Å²) in [5, 5.41) is 11.4. The van der Waals surface area contributed by atoms with E-state index in [4.69, 9.17) is 10.8 Å². The highest BCUT2D eigenvalue weighted by molar-refractivity contribution is 6.01. The van der Waals surface area contributed by atoms with Gasteiger partial charge in [0.1, 0.15) is 0 Å². The molecular weight excluding hydrogens is 212 g/mol. The number of carbonyl (C=O) groups excluding carboxylic acids is 2. The van der Waals surface area contributed by atoms with Crippen LogP contribution in [0.25, 0.3) is 0 Å². The van der Waals surface area contributed by atoms with Crippen molar-refractivity contribution in [2.45, 2.75) is 32.9 Å². The number of hydrogen-bond donors (Lipinski definition) is 3. The van der Waals surface area contributed by atoms with E-state index in [-0.39, 0.29) is 25.2 Å². The molecule has 0 heterocycles. The Morgan fingerprint density at radius 1 is 1.44 bits per heavy atom. The second-order valence-corrected chi connectivity index (χ2v) is 3.69. The minimum absolute atomic E-state index is 0.0455. The van der Waals surface area contributed by atoms with Crippen molar-refractivity contribution in [1.82, 2.24) is 5.32 Å². The summed E-state index contributed by atoms with van der Waals surface area (Å²) in [7, 11) is 0. The predicted octanol–water partition coefficient (Wildman–Crippen LogP) is -0.990. The first-order chi connectivity index (χ1) is 7.43. The summed E-state index contributed by atoms with van der Waals surface area (Å²) in [6, 6.07) is -1.56. The van der Waals surface area contributed by atoms with E-state index >= 15 is 0 Å². The van der Waals surface area contributed by atoms with Gasteiger partial charge in [0.2, 0.25) is 5.91 Å². The lowest BCUT2D eigenvalue weighted by Gasteiger charge is -2.20. The minimum atomic E-state index is -1.31. The third kappa shape index (κ3) is 4.59. The number of ether oxygens (including phenoxy) is 1. The average Bonchev–Trinajstić information content (AvgIpc) is 2.26. The number of hydrogen-bond acceptors (Lipinski definition) is 5. The van der Waals surface area contributed by atoms with Crippen molar-refractivity contribution >= 4 is 11.9 Å². The molecule has 0 spiro atoms. The van der Waals surface area contributed by atoms with E-state index in [2.05, 4.69) is 10.1 Å². The number of carbonyl (C=O) groups is 2. The second-order valence-electron chi connectivity index (χ2n) is 3.69. The molecule has 0 rings (SSSR count). The SMILES string of the molecule is CCOC(=O)C(N)C(=O)NC(C)C(C)CO. The van der Waals surface area contributed by atoms with Gasteiger partial charge in [-0.3, -0.25) is 4.79 Å². The number of aliphatic hydroxyl groups excluding tert-OH is 1. The fourth-order valence-electron chi connectivity index (χ4n) is 0.954. The van der Waals surface area contributed by atoms with Crippen LogP contribution >= 0.6 is 0 Å². The summed E-state index contributed by atoms with van der Waals surface area (Å²) in [4.78, 5) is 22.6. The van der Waals surface area contributed by atoms with Gasteiger partial charge < -0.3 is 20.9 Å². The molecule has 4 N–H and O–H groups in total. The fraction of sp³-hybridized carbons (Fsp3) is 0.800. The summed E-state index contributed by atoms with van der Waals surface area (Å²) in [5.74, 6) is -1.44. The summed E-state index contributed by atoms with van der Waals surface area (Å²) >= 11 is 0. The third-order valence-electron chi connectivity index (χ3n) is 2.33.